The minimum atomic E-state index is -0.475. The molecular formula is C8H9ClN4O2. The average molecular weight is 229 g/mol. The molecule has 0 spiro atoms. The van der Waals surface area contributed by atoms with Crippen LogP contribution in [0.1, 0.15) is 16.9 Å². The summed E-state index contributed by atoms with van der Waals surface area (Å²) in [4.78, 5) is 29.2. The SMILES string of the molecule is NC(=O)CCNC(=O)c1cnc(Cl)cn1. The molecule has 1 rings (SSSR count). The van der Waals surface area contributed by atoms with Crippen molar-refractivity contribution in [3.05, 3.63) is 23.2 Å². The van der Waals surface area contributed by atoms with Gasteiger partial charge in [0.2, 0.25) is 5.91 Å². The van der Waals surface area contributed by atoms with E-state index >= 15 is 0 Å². The van der Waals surface area contributed by atoms with Crippen LogP contribution in [0.15, 0.2) is 12.4 Å². The van der Waals surface area contributed by atoms with E-state index in [1.807, 2.05) is 0 Å². The predicted octanol–water partition coefficient (Wildman–Crippen LogP) is -0.265. The van der Waals surface area contributed by atoms with Crippen LogP contribution < -0.4 is 11.1 Å². The van der Waals surface area contributed by atoms with Crippen molar-refractivity contribution in [1.82, 2.24) is 15.3 Å². The monoisotopic (exact) mass is 228 g/mol. The first-order valence-electron chi connectivity index (χ1n) is 4.13. The smallest absolute Gasteiger partial charge is 0.271 e. The van der Waals surface area contributed by atoms with Gasteiger partial charge in [-0.3, -0.25) is 9.59 Å². The first-order valence-corrected chi connectivity index (χ1v) is 4.51. The topological polar surface area (TPSA) is 98.0 Å². The van der Waals surface area contributed by atoms with Crippen LogP contribution in [0, 0.1) is 0 Å². The second kappa shape index (κ2) is 5.26. The molecule has 0 radical (unpaired) electrons. The standard InChI is InChI=1S/C8H9ClN4O2/c9-6-4-12-5(3-13-6)8(15)11-2-1-7(10)14/h3-4H,1-2H2,(H2,10,14)(H,11,15). The summed E-state index contributed by atoms with van der Waals surface area (Å²) in [5.74, 6) is -0.891. The lowest BCUT2D eigenvalue weighted by Gasteiger charge is -2.01. The van der Waals surface area contributed by atoms with Crippen molar-refractivity contribution in [1.29, 1.82) is 0 Å². The van der Waals surface area contributed by atoms with Crippen LogP contribution in [0.5, 0.6) is 0 Å². The van der Waals surface area contributed by atoms with Gasteiger partial charge in [0.15, 0.2) is 0 Å². The number of hydrogen-bond donors (Lipinski definition) is 2. The zero-order chi connectivity index (χ0) is 11.3. The van der Waals surface area contributed by atoms with Crippen molar-refractivity contribution >= 4 is 23.4 Å². The van der Waals surface area contributed by atoms with Crippen molar-refractivity contribution in [2.45, 2.75) is 6.42 Å². The van der Waals surface area contributed by atoms with Gasteiger partial charge >= 0.3 is 0 Å². The first-order chi connectivity index (χ1) is 7.09. The maximum Gasteiger partial charge on any atom is 0.271 e. The Balaban J connectivity index is 2.47. The van der Waals surface area contributed by atoms with Crippen molar-refractivity contribution in [2.24, 2.45) is 5.73 Å². The summed E-state index contributed by atoms with van der Waals surface area (Å²) in [6, 6.07) is 0. The minimum absolute atomic E-state index is 0.0900. The van der Waals surface area contributed by atoms with Gasteiger partial charge in [-0.05, 0) is 0 Å². The van der Waals surface area contributed by atoms with E-state index in [1.165, 1.54) is 12.4 Å². The summed E-state index contributed by atoms with van der Waals surface area (Å²) in [7, 11) is 0. The zero-order valence-corrected chi connectivity index (χ0v) is 8.49. The van der Waals surface area contributed by atoms with Crippen LogP contribution in [0.25, 0.3) is 0 Å². The lowest BCUT2D eigenvalue weighted by Crippen LogP contribution is -2.28. The largest absolute Gasteiger partial charge is 0.370 e. The van der Waals surface area contributed by atoms with Gasteiger partial charge in [-0.1, -0.05) is 11.6 Å². The number of carbonyl (C=O) groups excluding carboxylic acids is 2. The fourth-order valence-electron chi connectivity index (χ4n) is 0.819. The Hall–Kier alpha value is -1.69. The first kappa shape index (κ1) is 11.4. The molecule has 0 unspecified atom stereocenters. The highest BCUT2D eigenvalue weighted by molar-refractivity contribution is 6.29. The lowest BCUT2D eigenvalue weighted by atomic mass is 10.3. The Morgan fingerprint density at radius 2 is 2.13 bits per heavy atom. The third-order valence-electron chi connectivity index (χ3n) is 1.51. The molecule has 0 aliphatic heterocycles. The Kier molecular flexibility index (Phi) is 3.99. The number of amides is 2. The Labute approximate surface area is 90.8 Å². The number of rotatable bonds is 4. The lowest BCUT2D eigenvalue weighted by molar-refractivity contribution is -0.117. The number of primary amides is 1. The molecule has 0 aliphatic carbocycles. The summed E-state index contributed by atoms with van der Waals surface area (Å²) >= 11 is 5.50. The van der Waals surface area contributed by atoms with Crippen molar-refractivity contribution in [3.63, 3.8) is 0 Å². The molecule has 15 heavy (non-hydrogen) atoms. The van der Waals surface area contributed by atoms with Gasteiger partial charge < -0.3 is 11.1 Å². The third-order valence-corrected chi connectivity index (χ3v) is 1.71. The highest BCUT2D eigenvalue weighted by Crippen LogP contribution is 2.00. The number of nitrogens with two attached hydrogens (primary N) is 1. The van der Waals surface area contributed by atoms with Crippen molar-refractivity contribution in [2.75, 3.05) is 6.54 Å². The molecule has 0 aromatic carbocycles. The average Bonchev–Trinajstić information content (AvgIpc) is 2.18. The molecule has 1 aromatic heterocycles. The number of hydrogen-bond acceptors (Lipinski definition) is 4. The van der Waals surface area contributed by atoms with Crippen LogP contribution in [0.3, 0.4) is 0 Å². The molecule has 0 bridgehead atoms. The van der Waals surface area contributed by atoms with Crippen LogP contribution in [0.4, 0.5) is 0 Å². The van der Waals surface area contributed by atoms with E-state index < -0.39 is 11.8 Å². The summed E-state index contributed by atoms with van der Waals surface area (Å²) < 4.78 is 0. The van der Waals surface area contributed by atoms with Gasteiger partial charge in [0.1, 0.15) is 10.8 Å². The van der Waals surface area contributed by atoms with Crippen LogP contribution >= 0.6 is 11.6 Å². The van der Waals surface area contributed by atoms with Crippen LogP contribution in [-0.4, -0.2) is 28.3 Å². The minimum Gasteiger partial charge on any atom is -0.370 e. The number of halogens is 1. The molecule has 0 saturated heterocycles. The van der Waals surface area contributed by atoms with Crippen LogP contribution in [0.2, 0.25) is 5.15 Å². The summed E-state index contributed by atoms with van der Waals surface area (Å²) in [5.41, 5.74) is 5.04. The van der Waals surface area contributed by atoms with Gasteiger partial charge in [0.05, 0.1) is 12.4 Å². The van der Waals surface area contributed by atoms with E-state index in [2.05, 4.69) is 15.3 Å². The fourth-order valence-corrected chi connectivity index (χ4v) is 0.917. The van der Waals surface area contributed by atoms with Gasteiger partial charge in [-0.25, -0.2) is 9.97 Å². The molecular weight excluding hydrogens is 220 g/mol. The van der Waals surface area contributed by atoms with Gasteiger partial charge in [0, 0.05) is 13.0 Å². The fraction of sp³-hybridized carbons (Fsp3) is 0.250. The molecule has 80 valence electrons. The summed E-state index contributed by atoms with van der Waals surface area (Å²) in [6.45, 7) is 0.179. The molecule has 1 aromatic rings. The number of carbonyl (C=O) groups is 2. The molecule has 3 N–H and O–H groups in total. The molecule has 0 saturated carbocycles. The third kappa shape index (κ3) is 3.90. The predicted molar refractivity (Wildman–Crippen MR) is 53.2 cm³/mol. The molecule has 6 nitrogen and oxygen atoms in total. The maximum absolute atomic E-state index is 11.3. The quantitative estimate of drug-likeness (QED) is 0.742. The van der Waals surface area contributed by atoms with Gasteiger partial charge in [-0.2, -0.15) is 0 Å². The number of aromatic nitrogens is 2. The molecule has 0 atom stereocenters. The van der Waals surface area contributed by atoms with Crippen molar-refractivity contribution in [3.8, 4) is 0 Å². The zero-order valence-electron chi connectivity index (χ0n) is 7.74. The number of nitrogens with zero attached hydrogens (tertiary/aromatic N) is 2. The highest BCUT2D eigenvalue weighted by Gasteiger charge is 2.07. The van der Waals surface area contributed by atoms with E-state index in [9.17, 15) is 9.59 Å². The van der Waals surface area contributed by atoms with E-state index in [-0.39, 0.29) is 23.8 Å². The maximum atomic E-state index is 11.3. The van der Waals surface area contributed by atoms with Gasteiger partial charge in [-0.15, -0.1) is 0 Å². The molecule has 7 heteroatoms. The number of nitrogens with one attached hydrogen (secondary N) is 1. The Morgan fingerprint density at radius 1 is 1.40 bits per heavy atom. The highest BCUT2D eigenvalue weighted by atomic mass is 35.5. The molecule has 0 fully saturated rings. The molecule has 0 aliphatic rings. The van der Waals surface area contributed by atoms with E-state index in [0.29, 0.717) is 0 Å². The van der Waals surface area contributed by atoms with Gasteiger partial charge in [0.25, 0.3) is 5.91 Å². The Morgan fingerprint density at radius 3 is 2.67 bits per heavy atom. The van der Waals surface area contributed by atoms with Crippen LogP contribution in [-0.2, 0) is 4.79 Å². The van der Waals surface area contributed by atoms with E-state index in [1.54, 1.807) is 0 Å². The summed E-state index contributed by atoms with van der Waals surface area (Å²) in [6.07, 6.45) is 2.61. The molecule has 1 heterocycles. The summed E-state index contributed by atoms with van der Waals surface area (Å²) in [5, 5.41) is 2.68. The second-order valence-electron chi connectivity index (χ2n) is 2.70. The van der Waals surface area contributed by atoms with E-state index in [4.69, 9.17) is 17.3 Å². The Bertz CT molecular complexity index is 365. The van der Waals surface area contributed by atoms with E-state index in [0.717, 1.165) is 0 Å². The van der Waals surface area contributed by atoms with Crippen molar-refractivity contribution < 1.29 is 9.59 Å². The molecule has 2 amide bonds. The second-order valence-corrected chi connectivity index (χ2v) is 3.08. The normalized spacial score (nSPS) is 9.67.